The van der Waals surface area contributed by atoms with Gasteiger partial charge in [-0.1, -0.05) is 6.07 Å². The molecule has 20 heavy (non-hydrogen) atoms. The number of esters is 1. The van der Waals surface area contributed by atoms with Crippen LogP contribution in [-0.4, -0.2) is 32.1 Å². The van der Waals surface area contributed by atoms with Crippen molar-refractivity contribution in [2.24, 2.45) is 0 Å². The van der Waals surface area contributed by atoms with E-state index in [9.17, 15) is 9.59 Å². The summed E-state index contributed by atoms with van der Waals surface area (Å²) in [5, 5.41) is 0. The number of benzene rings is 1. The van der Waals surface area contributed by atoms with Crippen LogP contribution in [0.4, 0.5) is 5.69 Å². The third-order valence-electron chi connectivity index (χ3n) is 3.52. The van der Waals surface area contributed by atoms with Gasteiger partial charge in [0.2, 0.25) is 5.91 Å². The van der Waals surface area contributed by atoms with E-state index in [2.05, 4.69) is 0 Å². The smallest absolute Gasteiger partial charge is 0.328 e. The number of piperidine rings is 1. The second-order valence-electron chi connectivity index (χ2n) is 4.87. The Bertz CT molecular complexity index is 527. The molecule has 108 valence electrons. The first-order chi connectivity index (χ1) is 9.58. The van der Waals surface area contributed by atoms with Crippen molar-refractivity contribution in [3.63, 3.8) is 0 Å². The van der Waals surface area contributed by atoms with Crippen molar-refractivity contribution in [3.05, 3.63) is 23.8 Å². The minimum absolute atomic E-state index is 0.0736. The van der Waals surface area contributed by atoms with Gasteiger partial charge in [0, 0.05) is 6.42 Å². The second kappa shape index (κ2) is 5.94. The predicted molar refractivity (Wildman–Crippen MR) is 74.9 cm³/mol. The van der Waals surface area contributed by atoms with Gasteiger partial charge in [-0.3, -0.25) is 9.69 Å². The Morgan fingerprint density at radius 3 is 2.75 bits per heavy atom. The fraction of sp³-hybridized carbons (Fsp3) is 0.467. The molecule has 1 saturated heterocycles. The van der Waals surface area contributed by atoms with Crippen LogP contribution in [0.2, 0.25) is 0 Å². The van der Waals surface area contributed by atoms with Gasteiger partial charge in [0.15, 0.2) is 0 Å². The Labute approximate surface area is 118 Å². The summed E-state index contributed by atoms with van der Waals surface area (Å²) in [4.78, 5) is 25.7. The van der Waals surface area contributed by atoms with Gasteiger partial charge in [0.25, 0.3) is 0 Å². The van der Waals surface area contributed by atoms with E-state index < -0.39 is 6.04 Å². The molecule has 0 bridgehead atoms. The molecular weight excluding hydrogens is 258 g/mol. The second-order valence-corrected chi connectivity index (χ2v) is 4.87. The van der Waals surface area contributed by atoms with Crippen molar-refractivity contribution >= 4 is 17.6 Å². The average Bonchev–Trinajstić information content (AvgIpc) is 2.46. The number of hydrogen-bond acceptors (Lipinski definition) is 4. The molecule has 0 spiro atoms. The van der Waals surface area contributed by atoms with E-state index in [-0.39, 0.29) is 11.9 Å². The molecule has 0 saturated carbocycles. The number of carbonyl (C=O) groups excluding carboxylic acids is 2. The van der Waals surface area contributed by atoms with E-state index in [0.717, 1.165) is 5.56 Å². The summed E-state index contributed by atoms with van der Waals surface area (Å²) in [5.74, 6) is 0.122. The largest absolute Gasteiger partial charge is 0.495 e. The average molecular weight is 277 g/mol. The molecule has 1 atom stereocenters. The van der Waals surface area contributed by atoms with Crippen molar-refractivity contribution in [3.8, 4) is 5.75 Å². The van der Waals surface area contributed by atoms with Crippen LogP contribution in [0, 0.1) is 6.92 Å². The lowest BCUT2D eigenvalue weighted by molar-refractivity contribution is -0.144. The molecule has 0 N–H and O–H groups in total. The third kappa shape index (κ3) is 2.61. The van der Waals surface area contributed by atoms with Crippen LogP contribution in [0.1, 0.15) is 24.8 Å². The van der Waals surface area contributed by atoms with Gasteiger partial charge in [-0.05, 0) is 37.5 Å². The van der Waals surface area contributed by atoms with Gasteiger partial charge in [0.05, 0.1) is 19.9 Å². The van der Waals surface area contributed by atoms with Crippen molar-refractivity contribution in [2.75, 3.05) is 19.1 Å². The fourth-order valence-electron chi connectivity index (χ4n) is 2.52. The molecule has 1 fully saturated rings. The molecule has 0 radical (unpaired) electrons. The molecule has 0 aromatic heterocycles. The van der Waals surface area contributed by atoms with Crippen molar-refractivity contribution < 1.29 is 19.1 Å². The maximum atomic E-state index is 12.3. The Balaban J connectivity index is 2.47. The summed E-state index contributed by atoms with van der Waals surface area (Å²) in [6, 6.07) is 5.00. The maximum absolute atomic E-state index is 12.3. The molecule has 1 aliphatic heterocycles. The normalized spacial score (nSPS) is 18.9. The van der Waals surface area contributed by atoms with E-state index in [1.165, 1.54) is 12.0 Å². The number of rotatable bonds is 3. The lowest BCUT2D eigenvalue weighted by Crippen LogP contribution is -2.48. The summed E-state index contributed by atoms with van der Waals surface area (Å²) in [5.41, 5.74) is 1.63. The number of carbonyl (C=O) groups is 2. The van der Waals surface area contributed by atoms with E-state index in [4.69, 9.17) is 9.47 Å². The van der Waals surface area contributed by atoms with Crippen molar-refractivity contribution in [1.82, 2.24) is 0 Å². The Kier molecular flexibility index (Phi) is 4.27. The number of methoxy groups -OCH3 is 2. The Morgan fingerprint density at radius 2 is 2.10 bits per heavy atom. The number of aryl methyl sites for hydroxylation is 1. The van der Waals surface area contributed by atoms with Crippen molar-refractivity contribution in [2.45, 2.75) is 32.2 Å². The standard InChI is InChI=1S/C15H19NO4/c1-10-7-8-13(19-2)12(9-10)16-11(15(18)20-3)5-4-6-14(16)17/h7-9,11H,4-6H2,1-3H3. The first kappa shape index (κ1) is 14.4. The predicted octanol–water partition coefficient (Wildman–Crippen LogP) is 2.06. The molecule has 1 amide bonds. The molecule has 1 heterocycles. The summed E-state index contributed by atoms with van der Waals surface area (Å²) >= 11 is 0. The molecule has 1 aromatic carbocycles. The Hall–Kier alpha value is -2.04. The number of amides is 1. The highest BCUT2D eigenvalue weighted by Gasteiger charge is 2.36. The molecule has 5 heteroatoms. The lowest BCUT2D eigenvalue weighted by atomic mass is 10.00. The molecule has 0 aliphatic carbocycles. The SMILES string of the molecule is COC(=O)C1CCCC(=O)N1c1cc(C)ccc1OC. The third-order valence-corrected chi connectivity index (χ3v) is 3.52. The van der Waals surface area contributed by atoms with Crippen LogP contribution in [-0.2, 0) is 14.3 Å². The molecule has 1 aromatic rings. The van der Waals surface area contributed by atoms with Gasteiger partial charge in [-0.25, -0.2) is 4.79 Å². The van der Waals surface area contributed by atoms with Crippen LogP contribution >= 0.6 is 0 Å². The van der Waals surface area contributed by atoms with Gasteiger partial charge in [0.1, 0.15) is 11.8 Å². The molecule has 5 nitrogen and oxygen atoms in total. The first-order valence-corrected chi connectivity index (χ1v) is 6.63. The highest BCUT2D eigenvalue weighted by molar-refractivity contribution is 6.01. The summed E-state index contributed by atoms with van der Waals surface area (Å²) in [6.45, 7) is 1.94. The van der Waals surface area contributed by atoms with E-state index in [1.54, 1.807) is 13.2 Å². The summed E-state index contributed by atoms with van der Waals surface area (Å²) in [6.07, 6.45) is 1.74. The Morgan fingerprint density at radius 1 is 1.35 bits per heavy atom. The first-order valence-electron chi connectivity index (χ1n) is 6.63. The van der Waals surface area contributed by atoms with Crippen molar-refractivity contribution in [1.29, 1.82) is 0 Å². The van der Waals surface area contributed by atoms with Gasteiger partial charge >= 0.3 is 5.97 Å². The van der Waals surface area contributed by atoms with Crippen LogP contribution in [0.3, 0.4) is 0 Å². The zero-order valence-corrected chi connectivity index (χ0v) is 12.0. The fourth-order valence-corrected chi connectivity index (χ4v) is 2.52. The van der Waals surface area contributed by atoms with E-state index >= 15 is 0 Å². The molecule has 1 aliphatic rings. The van der Waals surface area contributed by atoms with Gasteiger partial charge in [-0.15, -0.1) is 0 Å². The van der Waals surface area contributed by atoms with E-state index in [1.807, 2.05) is 19.1 Å². The van der Waals surface area contributed by atoms with Crippen LogP contribution in [0.15, 0.2) is 18.2 Å². The number of anilines is 1. The zero-order chi connectivity index (χ0) is 14.7. The van der Waals surface area contributed by atoms with Crippen LogP contribution < -0.4 is 9.64 Å². The minimum Gasteiger partial charge on any atom is -0.495 e. The topological polar surface area (TPSA) is 55.8 Å². The maximum Gasteiger partial charge on any atom is 0.328 e. The quantitative estimate of drug-likeness (QED) is 0.794. The number of ether oxygens (including phenoxy) is 2. The minimum atomic E-state index is -0.572. The van der Waals surface area contributed by atoms with Crippen LogP contribution in [0.25, 0.3) is 0 Å². The van der Waals surface area contributed by atoms with Gasteiger partial charge < -0.3 is 9.47 Å². The summed E-state index contributed by atoms with van der Waals surface area (Å²) in [7, 11) is 2.89. The summed E-state index contributed by atoms with van der Waals surface area (Å²) < 4.78 is 10.1. The van der Waals surface area contributed by atoms with Crippen LogP contribution in [0.5, 0.6) is 5.75 Å². The lowest BCUT2D eigenvalue weighted by Gasteiger charge is -2.34. The molecule has 1 unspecified atom stereocenters. The van der Waals surface area contributed by atoms with E-state index in [0.29, 0.717) is 30.7 Å². The zero-order valence-electron chi connectivity index (χ0n) is 12.0. The van der Waals surface area contributed by atoms with Gasteiger partial charge in [-0.2, -0.15) is 0 Å². The number of hydrogen-bond donors (Lipinski definition) is 0. The molecular formula is C15H19NO4. The molecule has 2 rings (SSSR count). The monoisotopic (exact) mass is 277 g/mol. The highest BCUT2D eigenvalue weighted by atomic mass is 16.5. The highest BCUT2D eigenvalue weighted by Crippen LogP contribution is 2.34. The number of nitrogens with zero attached hydrogens (tertiary/aromatic N) is 1.